The first-order valence-electron chi connectivity index (χ1n) is 14.3. The molecule has 1 atom stereocenters. The van der Waals surface area contributed by atoms with E-state index in [2.05, 4.69) is 15.5 Å². The number of para-hydroxylation sites is 1. The fraction of sp³-hybridized carbons (Fsp3) is 0.182. The molecule has 3 aromatic carbocycles. The highest BCUT2D eigenvalue weighted by atomic mass is 35.5. The zero-order valence-electron chi connectivity index (χ0n) is 24.9. The maximum Gasteiger partial charge on any atom is 0.253 e. The van der Waals surface area contributed by atoms with Crippen LogP contribution in [0.15, 0.2) is 101 Å². The molecule has 0 fully saturated rings. The van der Waals surface area contributed by atoms with Crippen molar-refractivity contribution in [2.45, 2.75) is 24.2 Å². The van der Waals surface area contributed by atoms with E-state index in [1.165, 1.54) is 16.8 Å². The Balaban J connectivity index is 1.27. The van der Waals surface area contributed by atoms with Gasteiger partial charge in [0.05, 0.1) is 48.8 Å². The fourth-order valence-corrected chi connectivity index (χ4v) is 6.90. The summed E-state index contributed by atoms with van der Waals surface area (Å²) in [6, 6.07) is 25.4. The van der Waals surface area contributed by atoms with E-state index in [0.29, 0.717) is 45.2 Å². The number of nitrogens with zero attached hydrogens (tertiary/aromatic N) is 5. The van der Waals surface area contributed by atoms with Crippen LogP contribution in [0.4, 0.5) is 0 Å². The number of aromatic nitrogens is 3. The van der Waals surface area contributed by atoms with Crippen molar-refractivity contribution in [3.63, 3.8) is 0 Å². The summed E-state index contributed by atoms with van der Waals surface area (Å²) in [5.41, 5.74) is 2.86. The molecule has 0 spiro atoms. The molecule has 0 radical (unpaired) electrons. The van der Waals surface area contributed by atoms with Gasteiger partial charge in [-0.15, -0.1) is 21.5 Å². The van der Waals surface area contributed by atoms with E-state index < -0.39 is 6.04 Å². The van der Waals surface area contributed by atoms with Gasteiger partial charge < -0.3 is 14.8 Å². The normalized spacial score (nSPS) is 14.2. The number of benzene rings is 3. The van der Waals surface area contributed by atoms with Crippen LogP contribution < -0.4 is 14.8 Å². The lowest BCUT2D eigenvalue weighted by Gasteiger charge is -2.24. The van der Waals surface area contributed by atoms with Crippen LogP contribution in [0.25, 0.3) is 5.69 Å². The van der Waals surface area contributed by atoms with Gasteiger partial charge in [-0.05, 0) is 47.8 Å². The van der Waals surface area contributed by atoms with Gasteiger partial charge in [0.1, 0.15) is 0 Å². The number of thioether (sulfide) groups is 1. The van der Waals surface area contributed by atoms with Gasteiger partial charge in [-0.25, -0.2) is 5.01 Å². The predicted octanol–water partition coefficient (Wildman–Crippen LogP) is 6.40. The summed E-state index contributed by atoms with van der Waals surface area (Å²) in [6.07, 6.45) is 0.518. The van der Waals surface area contributed by atoms with Crippen LogP contribution >= 0.6 is 34.7 Å². The Bertz CT molecular complexity index is 1880. The summed E-state index contributed by atoms with van der Waals surface area (Å²) in [5.74, 6) is 1.20. The number of rotatable bonds is 11. The number of hydrazone groups is 1. The van der Waals surface area contributed by atoms with Crippen molar-refractivity contribution in [2.24, 2.45) is 5.10 Å². The van der Waals surface area contributed by atoms with Gasteiger partial charge in [-0.3, -0.25) is 14.2 Å². The van der Waals surface area contributed by atoms with Gasteiger partial charge in [0.2, 0.25) is 0 Å². The smallest absolute Gasteiger partial charge is 0.253 e. The highest BCUT2D eigenvalue weighted by molar-refractivity contribution is 7.99. The molecule has 234 valence electrons. The molecule has 0 saturated heterocycles. The standard InChI is InChI=1S/C33H29ClN6O4S2/c1-43-27-14-7-13-24(31(27)44-2)26-18-25(28-15-8-16-45-28)38-40(26)30(41)20-46-33-37-36-29(39(33)23-12-6-11-22(34)17-23)19-35-32(42)21-9-4-3-5-10-21/h3-17,26H,18-20H2,1-2H3,(H,35,42)/t26-/m1/s1. The number of ether oxygens (including phenoxy) is 2. The maximum absolute atomic E-state index is 13.9. The molecular formula is C33H29ClN6O4S2. The second-order valence-corrected chi connectivity index (χ2v) is 12.4. The van der Waals surface area contributed by atoms with E-state index in [1.807, 2.05) is 53.9 Å². The van der Waals surface area contributed by atoms with Gasteiger partial charge in [-0.1, -0.05) is 65.8 Å². The quantitative estimate of drug-likeness (QED) is 0.162. The zero-order valence-corrected chi connectivity index (χ0v) is 27.3. The molecular weight excluding hydrogens is 644 g/mol. The largest absolute Gasteiger partial charge is 0.493 e. The summed E-state index contributed by atoms with van der Waals surface area (Å²) < 4.78 is 13.1. The maximum atomic E-state index is 13.9. The second kappa shape index (κ2) is 14.2. The lowest BCUT2D eigenvalue weighted by atomic mass is 9.99. The van der Waals surface area contributed by atoms with Crippen molar-refractivity contribution in [3.05, 3.63) is 117 Å². The topological polar surface area (TPSA) is 111 Å². The molecule has 3 heterocycles. The molecule has 46 heavy (non-hydrogen) atoms. The summed E-state index contributed by atoms with van der Waals surface area (Å²) >= 11 is 9.14. The molecule has 0 unspecified atom stereocenters. The molecule has 10 nitrogen and oxygen atoms in total. The number of carbonyl (C=O) groups is 2. The van der Waals surface area contributed by atoms with E-state index >= 15 is 0 Å². The lowest BCUT2D eigenvalue weighted by molar-refractivity contribution is -0.130. The third kappa shape index (κ3) is 6.64. The molecule has 13 heteroatoms. The zero-order chi connectivity index (χ0) is 32.0. The summed E-state index contributed by atoms with van der Waals surface area (Å²) in [6.45, 7) is 0.111. The number of thiophene rings is 1. The summed E-state index contributed by atoms with van der Waals surface area (Å²) in [4.78, 5) is 27.7. The molecule has 0 saturated carbocycles. The van der Waals surface area contributed by atoms with Crippen LogP contribution in [0.3, 0.4) is 0 Å². The Morgan fingerprint density at radius 2 is 1.83 bits per heavy atom. The third-order valence-electron chi connectivity index (χ3n) is 7.30. The highest BCUT2D eigenvalue weighted by Crippen LogP contribution is 2.42. The van der Waals surface area contributed by atoms with E-state index in [9.17, 15) is 9.59 Å². The molecule has 2 amide bonds. The SMILES string of the molecule is COc1cccc([C@H]2CC(c3cccs3)=NN2C(=O)CSc2nnc(CNC(=O)c3ccccc3)n2-c2cccc(Cl)c2)c1OC. The Morgan fingerprint density at radius 3 is 2.57 bits per heavy atom. The van der Waals surface area contributed by atoms with Crippen LogP contribution in [0.1, 0.15) is 39.1 Å². The van der Waals surface area contributed by atoms with Gasteiger partial charge >= 0.3 is 0 Å². The molecule has 0 aliphatic carbocycles. The van der Waals surface area contributed by atoms with Crippen molar-refractivity contribution < 1.29 is 19.1 Å². The number of methoxy groups -OCH3 is 2. The monoisotopic (exact) mass is 672 g/mol. The summed E-state index contributed by atoms with van der Waals surface area (Å²) in [5, 5.41) is 21.0. The third-order valence-corrected chi connectivity index (χ3v) is 9.37. The van der Waals surface area contributed by atoms with Gasteiger partial charge in [0.25, 0.3) is 11.8 Å². The average molecular weight is 673 g/mol. The average Bonchev–Trinajstić information content (AvgIpc) is 3.86. The Hall–Kier alpha value is -4.65. The molecule has 1 aliphatic heterocycles. The van der Waals surface area contributed by atoms with E-state index in [-0.39, 0.29) is 24.1 Å². The van der Waals surface area contributed by atoms with Crippen molar-refractivity contribution in [3.8, 4) is 17.2 Å². The Kier molecular flexibility index (Phi) is 9.67. The molecule has 0 bridgehead atoms. The van der Waals surface area contributed by atoms with Gasteiger partial charge in [-0.2, -0.15) is 5.10 Å². The number of amides is 2. The van der Waals surface area contributed by atoms with Crippen molar-refractivity contribution in [1.29, 1.82) is 0 Å². The van der Waals surface area contributed by atoms with Crippen LogP contribution in [0.2, 0.25) is 5.02 Å². The van der Waals surface area contributed by atoms with Crippen molar-refractivity contribution >= 4 is 52.2 Å². The molecule has 6 rings (SSSR count). The molecule has 5 aromatic rings. The Morgan fingerprint density at radius 1 is 1.00 bits per heavy atom. The molecule has 1 N–H and O–H groups in total. The van der Waals surface area contributed by atoms with Crippen LogP contribution in [-0.4, -0.2) is 57.3 Å². The molecule has 1 aliphatic rings. The Labute approximate surface area is 279 Å². The number of nitrogens with one attached hydrogen (secondary N) is 1. The first-order chi connectivity index (χ1) is 22.5. The first kappa shape index (κ1) is 31.3. The molecule has 2 aromatic heterocycles. The number of hydrogen-bond donors (Lipinski definition) is 1. The summed E-state index contributed by atoms with van der Waals surface area (Å²) in [7, 11) is 3.17. The van der Waals surface area contributed by atoms with Gasteiger partial charge in [0.15, 0.2) is 22.5 Å². The predicted molar refractivity (Wildman–Crippen MR) is 179 cm³/mol. The van der Waals surface area contributed by atoms with E-state index in [4.69, 9.17) is 26.2 Å². The van der Waals surface area contributed by atoms with Crippen molar-refractivity contribution in [1.82, 2.24) is 25.1 Å². The minimum atomic E-state index is -0.398. The first-order valence-corrected chi connectivity index (χ1v) is 16.5. The second-order valence-electron chi connectivity index (χ2n) is 10.1. The van der Waals surface area contributed by atoms with Gasteiger partial charge in [0, 0.05) is 22.6 Å². The number of halogens is 1. The van der Waals surface area contributed by atoms with E-state index in [1.54, 1.807) is 66.5 Å². The minimum absolute atomic E-state index is 0.0269. The van der Waals surface area contributed by atoms with Crippen LogP contribution in [0.5, 0.6) is 11.5 Å². The van der Waals surface area contributed by atoms with Crippen LogP contribution in [-0.2, 0) is 11.3 Å². The highest BCUT2D eigenvalue weighted by Gasteiger charge is 2.36. The number of carbonyl (C=O) groups excluding carboxylic acids is 2. The van der Waals surface area contributed by atoms with Crippen molar-refractivity contribution in [2.75, 3.05) is 20.0 Å². The van der Waals surface area contributed by atoms with Crippen LogP contribution in [0, 0.1) is 0 Å². The fourth-order valence-electron chi connectivity index (χ4n) is 5.17. The number of hydrogen-bond acceptors (Lipinski definition) is 9. The lowest BCUT2D eigenvalue weighted by Crippen LogP contribution is -2.29. The van der Waals surface area contributed by atoms with E-state index in [0.717, 1.165) is 16.2 Å². The minimum Gasteiger partial charge on any atom is -0.493 e.